The molecular weight excluding hydrogens is 134 g/mol. The predicted molar refractivity (Wildman–Crippen MR) is 48.2 cm³/mol. The zero-order valence-electron chi connectivity index (χ0n) is 6.70. The van der Waals surface area contributed by atoms with Crippen LogP contribution in [0.25, 0.3) is 0 Å². The molecule has 0 spiro atoms. The molecule has 0 aliphatic rings. The first-order chi connectivity index (χ1) is 5.34. The van der Waals surface area contributed by atoms with E-state index in [1.807, 2.05) is 49.4 Å². The Morgan fingerprint density at radius 1 is 1.27 bits per heavy atom. The van der Waals surface area contributed by atoms with Gasteiger partial charge in [-0.05, 0) is 12.5 Å². The highest BCUT2D eigenvalue weighted by Crippen LogP contribution is 2.09. The number of benzene rings is 1. The molecule has 1 atom stereocenters. The van der Waals surface area contributed by atoms with Crippen LogP contribution in [0.3, 0.4) is 0 Å². The molecule has 0 amide bonds. The lowest BCUT2D eigenvalue weighted by atomic mass is 10.1. The third-order valence-electron chi connectivity index (χ3n) is 1.58. The largest absolute Gasteiger partial charge is 0.321 e. The van der Waals surface area contributed by atoms with Crippen molar-refractivity contribution in [2.24, 2.45) is 5.73 Å². The van der Waals surface area contributed by atoms with Crippen LogP contribution in [0.2, 0.25) is 0 Å². The number of rotatable bonds is 2. The Hall–Kier alpha value is -1.08. The lowest BCUT2D eigenvalue weighted by Crippen LogP contribution is -2.05. The molecule has 1 nitrogen and oxygen atoms in total. The number of hydrogen-bond donors (Lipinski definition) is 1. The molecule has 1 aromatic carbocycles. The average molecular weight is 147 g/mol. The second kappa shape index (κ2) is 3.94. The first-order valence-corrected chi connectivity index (χ1v) is 3.78. The molecule has 1 rings (SSSR count). The van der Waals surface area contributed by atoms with Gasteiger partial charge in [0, 0.05) is 6.04 Å². The van der Waals surface area contributed by atoms with Gasteiger partial charge in [0.2, 0.25) is 0 Å². The Bertz CT molecular complexity index is 226. The van der Waals surface area contributed by atoms with Crippen LogP contribution < -0.4 is 5.73 Å². The highest BCUT2D eigenvalue weighted by atomic mass is 14.6. The summed E-state index contributed by atoms with van der Waals surface area (Å²) in [7, 11) is 0. The minimum absolute atomic E-state index is 0.0428. The van der Waals surface area contributed by atoms with Crippen LogP contribution in [0.5, 0.6) is 0 Å². The topological polar surface area (TPSA) is 26.0 Å². The van der Waals surface area contributed by atoms with E-state index < -0.39 is 0 Å². The average Bonchev–Trinajstić information content (AvgIpc) is 2.07. The second-order valence-corrected chi connectivity index (χ2v) is 2.46. The van der Waals surface area contributed by atoms with Crippen LogP contribution in [0.1, 0.15) is 18.5 Å². The molecule has 0 radical (unpaired) electrons. The Kier molecular flexibility index (Phi) is 2.87. The summed E-state index contributed by atoms with van der Waals surface area (Å²) in [5.74, 6) is 0. The van der Waals surface area contributed by atoms with Gasteiger partial charge in [0.15, 0.2) is 0 Å². The van der Waals surface area contributed by atoms with Crippen molar-refractivity contribution in [1.29, 1.82) is 0 Å². The zero-order chi connectivity index (χ0) is 8.10. The van der Waals surface area contributed by atoms with E-state index in [0.717, 1.165) is 5.56 Å². The summed E-state index contributed by atoms with van der Waals surface area (Å²) in [6.07, 6.45) is 3.95. The van der Waals surface area contributed by atoms with Crippen molar-refractivity contribution >= 4 is 0 Å². The fourth-order valence-electron chi connectivity index (χ4n) is 0.994. The van der Waals surface area contributed by atoms with Gasteiger partial charge in [-0.25, -0.2) is 0 Å². The third kappa shape index (κ3) is 2.20. The third-order valence-corrected chi connectivity index (χ3v) is 1.58. The van der Waals surface area contributed by atoms with Gasteiger partial charge < -0.3 is 5.73 Å². The number of hydrogen-bond acceptors (Lipinski definition) is 1. The van der Waals surface area contributed by atoms with Crippen molar-refractivity contribution < 1.29 is 0 Å². The minimum Gasteiger partial charge on any atom is -0.321 e. The molecule has 0 aliphatic heterocycles. The molecular formula is C10H13N. The normalized spacial score (nSPS) is 13.6. The van der Waals surface area contributed by atoms with Gasteiger partial charge in [-0.3, -0.25) is 0 Å². The van der Waals surface area contributed by atoms with Crippen molar-refractivity contribution in [1.82, 2.24) is 0 Å². The summed E-state index contributed by atoms with van der Waals surface area (Å²) in [5.41, 5.74) is 6.98. The summed E-state index contributed by atoms with van der Waals surface area (Å²) in [4.78, 5) is 0. The highest BCUT2D eigenvalue weighted by Gasteiger charge is 1.97. The Morgan fingerprint density at radius 3 is 2.45 bits per heavy atom. The molecule has 1 heteroatoms. The SMILES string of the molecule is C/C=C/[C@@H](N)c1ccccc1. The molecule has 0 saturated heterocycles. The van der Waals surface area contributed by atoms with Crippen LogP contribution in [0.4, 0.5) is 0 Å². The lowest BCUT2D eigenvalue weighted by Gasteiger charge is -2.04. The standard InChI is InChI=1S/C10H13N/c1-2-6-10(11)9-7-4-3-5-8-9/h2-8,10H,11H2,1H3/b6-2+/t10-/m1/s1. The maximum Gasteiger partial charge on any atom is 0.0481 e. The maximum atomic E-state index is 5.82. The van der Waals surface area contributed by atoms with Crippen molar-refractivity contribution in [3.63, 3.8) is 0 Å². The zero-order valence-corrected chi connectivity index (χ0v) is 6.70. The molecule has 0 unspecified atom stereocenters. The van der Waals surface area contributed by atoms with Crippen molar-refractivity contribution in [2.45, 2.75) is 13.0 Å². The molecule has 11 heavy (non-hydrogen) atoms. The number of allylic oxidation sites excluding steroid dienone is 1. The van der Waals surface area contributed by atoms with E-state index in [1.165, 1.54) is 0 Å². The molecule has 2 N–H and O–H groups in total. The number of nitrogens with two attached hydrogens (primary N) is 1. The minimum atomic E-state index is 0.0428. The lowest BCUT2D eigenvalue weighted by molar-refractivity contribution is 0.909. The van der Waals surface area contributed by atoms with Gasteiger partial charge >= 0.3 is 0 Å². The van der Waals surface area contributed by atoms with Crippen molar-refractivity contribution in [3.8, 4) is 0 Å². The van der Waals surface area contributed by atoms with E-state index in [2.05, 4.69) is 0 Å². The van der Waals surface area contributed by atoms with Crippen LogP contribution in [-0.2, 0) is 0 Å². The van der Waals surface area contributed by atoms with Gasteiger partial charge in [0.05, 0.1) is 0 Å². The van der Waals surface area contributed by atoms with Gasteiger partial charge in [0.25, 0.3) is 0 Å². The fraction of sp³-hybridized carbons (Fsp3) is 0.200. The quantitative estimate of drug-likeness (QED) is 0.638. The summed E-state index contributed by atoms with van der Waals surface area (Å²) in [6, 6.07) is 10.1. The molecule has 0 saturated carbocycles. The van der Waals surface area contributed by atoms with Crippen molar-refractivity contribution in [2.75, 3.05) is 0 Å². The predicted octanol–water partition coefficient (Wildman–Crippen LogP) is 2.26. The van der Waals surface area contributed by atoms with E-state index in [1.54, 1.807) is 0 Å². The van der Waals surface area contributed by atoms with Crippen LogP contribution >= 0.6 is 0 Å². The smallest absolute Gasteiger partial charge is 0.0481 e. The van der Waals surface area contributed by atoms with E-state index in [0.29, 0.717) is 0 Å². The summed E-state index contributed by atoms with van der Waals surface area (Å²) in [5, 5.41) is 0. The molecule has 0 bridgehead atoms. The second-order valence-electron chi connectivity index (χ2n) is 2.46. The maximum absolute atomic E-state index is 5.82. The fourth-order valence-corrected chi connectivity index (χ4v) is 0.994. The van der Waals surface area contributed by atoms with Crippen molar-refractivity contribution in [3.05, 3.63) is 48.0 Å². The van der Waals surface area contributed by atoms with Gasteiger partial charge in [-0.15, -0.1) is 0 Å². The molecule has 0 aliphatic carbocycles. The molecule has 0 heterocycles. The molecule has 0 aromatic heterocycles. The Morgan fingerprint density at radius 2 is 1.91 bits per heavy atom. The highest BCUT2D eigenvalue weighted by molar-refractivity contribution is 5.21. The van der Waals surface area contributed by atoms with Crippen LogP contribution in [0, 0.1) is 0 Å². The van der Waals surface area contributed by atoms with E-state index in [9.17, 15) is 0 Å². The van der Waals surface area contributed by atoms with Gasteiger partial charge in [-0.1, -0.05) is 42.5 Å². The van der Waals surface area contributed by atoms with E-state index in [-0.39, 0.29) is 6.04 Å². The summed E-state index contributed by atoms with van der Waals surface area (Å²) in [6.45, 7) is 1.98. The summed E-state index contributed by atoms with van der Waals surface area (Å²) < 4.78 is 0. The monoisotopic (exact) mass is 147 g/mol. The Balaban J connectivity index is 2.76. The van der Waals surface area contributed by atoms with Crippen LogP contribution in [0.15, 0.2) is 42.5 Å². The molecule has 1 aromatic rings. The van der Waals surface area contributed by atoms with Gasteiger partial charge in [0.1, 0.15) is 0 Å². The first kappa shape index (κ1) is 8.02. The van der Waals surface area contributed by atoms with E-state index in [4.69, 9.17) is 5.73 Å². The summed E-state index contributed by atoms with van der Waals surface area (Å²) >= 11 is 0. The molecule has 58 valence electrons. The van der Waals surface area contributed by atoms with E-state index >= 15 is 0 Å². The Labute approximate surface area is 67.5 Å². The first-order valence-electron chi connectivity index (χ1n) is 3.78. The van der Waals surface area contributed by atoms with Crippen LogP contribution in [-0.4, -0.2) is 0 Å². The van der Waals surface area contributed by atoms with Gasteiger partial charge in [-0.2, -0.15) is 0 Å². The molecule has 0 fully saturated rings.